The van der Waals surface area contributed by atoms with Gasteiger partial charge in [0.1, 0.15) is 0 Å². The number of halogens is 1. The molecule has 0 unspecified atom stereocenters. The highest BCUT2D eigenvalue weighted by molar-refractivity contribution is 6.31. The van der Waals surface area contributed by atoms with E-state index in [0.29, 0.717) is 29.4 Å². The van der Waals surface area contributed by atoms with Gasteiger partial charge in [0.2, 0.25) is 0 Å². The van der Waals surface area contributed by atoms with Crippen molar-refractivity contribution in [3.8, 4) is 0 Å². The van der Waals surface area contributed by atoms with Crippen LogP contribution in [0.2, 0.25) is 5.02 Å². The molecule has 0 heterocycles. The lowest BCUT2D eigenvalue weighted by molar-refractivity contribution is 0.0752. The second-order valence-electron chi connectivity index (χ2n) is 5.02. The average Bonchev–Trinajstić information content (AvgIpc) is 2.46. The van der Waals surface area contributed by atoms with Crippen LogP contribution < -0.4 is 5.73 Å². The van der Waals surface area contributed by atoms with E-state index < -0.39 is 0 Å². The Bertz CT molecular complexity index is 655. The summed E-state index contributed by atoms with van der Waals surface area (Å²) in [6.07, 6.45) is 0. The molecule has 0 aliphatic rings. The molecular weight excluding hydrogens is 284 g/mol. The Hall–Kier alpha value is -2.00. The van der Waals surface area contributed by atoms with Gasteiger partial charge in [0.05, 0.1) is 0 Å². The first kappa shape index (κ1) is 15.4. The molecule has 0 spiro atoms. The van der Waals surface area contributed by atoms with Gasteiger partial charge in [-0.15, -0.1) is 0 Å². The third kappa shape index (κ3) is 3.76. The summed E-state index contributed by atoms with van der Waals surface area (Å²) < 4.78 is 0. The van der Waals surface area contributed by atoms with Gasteiger partial charge in [-0.3, -0.25) is 4.79 Å². The second kappa shape index (κ2) is 6.64. The Kier molecular flexibility index (Phi) is 4.86. The standard InChI is InChI=1S/C17H19ClN2O/c1-3-20(11-13-5-4-6-15(19)9-13)17(21)16-10-14(18)8-7-12(16)2/h4-10H,3,11,19H2,1-2H3. The van der Waals surface area contributed by atoms with E-state index in [-0.39, 0.29) is 5.91 Å². The van der Waals surface area contributed by atoms with Crippen molar-refractivity contribution in [3.05, 3.63) is 64.2 Å². The molecule has 0 radical (unpaired) electrons. The van der Waals surface area contributed by atoms with E-state index in [9.17, 15) is 4.79 Å². The molecule has 2 aromatic carbocycles. The summed E-state index contributed by atoms with van der Waals surface area (Å²) in [5, 5.41) is 0.573. The van der Waals surface area contributed by atoms with Crippen molar-refractivity contribution in [2.75, 3.05) is 12.3 Å². The molecule has 21 heavy (non-hydrogen) atoms. The number of rotatable bonds is 4. The summed E-state index contributed by atoms with van der Waals surface area (Å²) in [6, 6.07) is 13.0. The van der Waals surface area contributed by atoms with E-state index in [1.807, 2.05) is 44.2 Å². The van der Waals surface area contributed by atoms with Gasteiger partial charge in [0, 0.05) is 29.4 Å². The van der Waals surface area contributed by atoms with Crippen LogP contribution in [0.25, 0.3) is 0 Å². The van der Waals surface area contributed by atoms with Crippen molar-refractivity contribution >= 4 is 23.2 Å². The van der Waals surface area contributed by atoms with Gasteiger partial charge in [0.25, 0.3) is 5.91 Å². The quantitative estimate of drug-likeness (QED) is 0.871. The summed E-state index contributed by atoms with van der Waals surface area (Å²) in [7, 11) is 0. The largest absolute Gasteiger partial charge is 0.399 e. The van der Waals surface area contributed by atoms with Gasteiger partial charge in [-0.1, -0.05) is 29.8 Å². The normalized spacial score (nSPS) is 10.4. The van der Waals surface area contributed by atoms with Crippen molar-refractivity contribution in [1.82, 2.24) is 4.90 Å². The fraction of sp³-hybridized carbons (Fsp3) is 0.235. The van der Waals surface area contributed by atoms with Crippen molar-refractivity contribution in [2.24, 2.45) is 0 Å². The maximum Gasteiger partial charge on any atom is 0.254 e. The number of hydrogen-bond donors (Lipinski definition) is 1. The van der Waals surface area contributed by atoms with Crippen LogP contribution in [0.3, 0.4) is 0 Å². The molecular formula is C17H19ClN2O. The number of nitrogens with zero attached hydrogens (tertiary/aromatic N) is 1. The summed E-state index contributed by atoms with van der Waals surface area (Å²) in [5.74, 6) is -0.0140. The van der Waals surface area contributed by atoms with E-state index >= 15 is 0 Å². The number of amides is 1. The first-order chi connectivity index (χ1) is 10.0. The van der Waals surface area contributed by atoms with Gasteiger partial charge >= 0.3 is 0 Å². The van der Waals surface area contributed by atoms with Crippen molar-refractivity contribution in [2.45, 2.75) is 20.4 Å². The van der Waals surface area contributed by atoms with E-state index in [4.69, 9.17) is 17.3 Å². The number of carbonyl (C=O) groups is 1. The molecule has 0 saturated heterocycles. The van der Waals surface area contributed by atoms with Crippen LogP contribution in [0.5, 0.6) is 0 Å². The number of anilines is 1. The molecule has 110 valence electrons. The molecule has 4 heteroatoms. The van der Waals surface area contributed by atoms with Crippen molar-refractivity contribution in [3.63, 3.8) is 0 Å². The van der Waals surface area contributed by atoms with Crippen LogP contribution in [0.15, 0.2) is 42.5 Å². The minimum absolute atomic E-state index is 0.0140. The summed E-state index contributed by atoms with van der Waals surface area (Å²) >= 11 is 6.00. The number of aryl methyl sites for hydroxylation is 1. The monoisotopic (exact) mass is 302 g/mol. The maximum atomic E-state index is 12.7. The van der Waals surface area contributed by atoms with Crippen molar-refractivity contribution < 1.29 is 4.79 Å². The fourth-order valence-electron chi connectivity index (χ4n) is 2.23. The molecule has 0 aliphatic heterocycles. The number of hydrogen-bond acceptors (Lipinski definition) is 2. The molecule has 0 aliphatic carbocycles. The minimum atomic E-state index is -0.0140. The SMILES string of the molecule is CCN(Cc1cccc(N)c1)C(=O)c1cc(Cl)ccc1C. The Morgan fingerprint density at radius 2 is 2.00 bits per heavy atom. The zero-order valence-electron chi connectivity index (χ0n) is 12.3. The van der Waals surface area contributed by atoms with Crippen LogP contribution in [0.1, 0.15) is 28.4 Å². The van der Waals surface area contributed by atoms with E-state index in [1.165, 1.54) is 0 Å². The van der Waals surface area contributed by atoms with E-state index in [0.717, 1.165) is 11.1 Å². The Morgan fingerprint density at radius 3 is 2.67 bits per heavy atom. The number of nitrogen functional groups attached to an aromatic ring is 1. The first-order valence-corrected chi connectivity index (χ1v) is 7.29. The van der Waals surface area contributed by atoms with Gasteiger partial charge < -0.3 is 10.6 Å². The summed E-state index contributed by atoms with van der Waals surface area (Å²) in [5.41, 5.74) is 9.08. The second-order valence-corrected chi connectivity index (χ2v) is 5.46. The van der Waals surface area contributed by atoms with E-state index in [1.54, 1.807) is 17.0 Å². The average molecular weight is 303 g/mol. The van der Waals surface area contributed by atoms with Crippen LogP contribution in [0.4, 0.5) is 5.69 Å². The fourth-order valence-corrected chi connectivity index (χ4v) is 2.41. The topological polar surface area (TPSA) is 46.3 Å². The van der Waals surface area contributed by atoms with Crippen LogP contribution >= 0.6 is 11.6 Å². The Balaban J connectivity index is 2.24. The highest BCUT2D eigenvalue weighted by Gasteiger charge is 2.17. The molecule has 0 saturated carbocycles. The zero-order valence-corrected chi connectivity index (χ0v) is 13.0. The van der Waals surface area contributed by atoms with Gasteiger partial charge in [-0.25, -0.2) is 0 Å². The van der Waals surface area contributed by atoms with Crippen LogP contribution in [-0.2, 0) is 6.54 Å². The maximum absolute atomic E-state index is 12.7. The molecule has 0 fully saturated rings. The molecule has 0 bridgehead atoms. The molecule has 2 N–H and O–H groups in total. The number of carbonyl (C=O) groups excluding carboxylic acids is 1. The highest BCUT2D eigenvalue weighted by Crippen LogP contribution is 2.19. The zero-order chi connectivity index (χ0) is 15.4. The van der Waals surface area contributed by atoms with Crippen LogP contribution in [-0.4, -0.2) is 17.4 Å². The third-order valence-electron chi connectivity index (χ3n) is 3.42. The Labute approximate surface area is 130 Å². The number of benzene rings is 2. The lowest BCUT2D eigenvalue weighted by Gasteiger charge is -2.22. The highest BCUT2D eigenvalue weighted by atomic mass is 35.5. The van der Waals surface area contributed by atoms with Crippen molar-refractivity contribution in [1.29, 1.82) is 0 Å². The molecule has 2 rings (SSSR count). The lowest BCUT2D eigenvalue weighted by atomic mass is 10.1. The molecule has 0 atom stereocenters. The molecule has 0 aromatic heterocycles. The number of nitrogens with two attached hydrogens (primary N) is 1. The molecule has 2 aromatic rings. The predicted octanol–water partition coefficient (Wildman–Crippen LogP) is 3.89. The van der Waals surface area contributed by atoms with Gasteiger partial charge in [0.15, 0.2) is 0 Å². The third-order valence-corrected chi connectivity index (χ3v) is 3.66. The first-order valence-electron chi connectivity index (χ1n) is 6.91. The Morgan fingerprint density at radius 1 is 1.24 bits per heavy atom. The minimum Gasteiger partial charge on any atom is -0.399 e. The van der Waals surface area contributed by atoms with Gasteiger partial charge in [-0.05, 0) is 49.2 Å². The summed E-state index contributed by atoms with van der Waals surface area (Å²) in [6.45, 7) is 5.04. The molecule has 3 nitrogen and oxygen atoms in total. The van der Waals surface area contributed by atoms with Crippen LogP contribution in [0, 0.1) is 6.92 Å². The summed E-state index contributed by atoms with van der Waals surface area (Å²) in [4.78, 5) is 14.5. The van der Waals surface area contributed by atoms with E-state index in [2.05, 4.69) is 0 Å². The predicted molar refractivity (Wildman–Crippen MR) is 87.5 cm³/mol. The smallest absolute Gasteiger partial charge is 0.254 e. The van der Waals surface area contributed by atoms with Gasteiger partial charge in [-0.2, -0.15) is 0 Å². The molecule has 1 amide bonds. The lowest BCUT2D eigenvalue weighted by Crippen LogP contribution is -2.30.